The van der Waals surface area contributed by atoms with Gasteiger partial charge in [0.15, 0.2) is 0 Å². The van der Waals surface area contributed by atoms with Gasteiger partial charge >= 0.3 is 11.9 Å². The highest BCUT2D eigenvalue weighted by Gasteiger charge is 2.38. The van der Waals surface area contributed by atoms with Gasteiger partial charge in [-0.2, -0.15) is 0 Å². The predicted molar refractivity (Wildman–Crippen MR) is 120 cm³/mol. The number of nitro benzene ring substituents is 1. The lowest BCUT2D eigenvalue weighted by Gasteiger charge is -2.30. The largest absolute Gasteiger partial charge is 0.460 e. The van der Waals surface area contributed by atoms with E-state index in [2.05, 4.69) is 5.32 Å². The van der Waals surface area contributed by atoms with Crippen molar-refractivity contribution in [2.45, 2.75) is 53.6 Å². The van der Waals surface area contributed by atoms with E-state index < -0.39 is 22.8 Å². The van der Waals surface area contributed by atoms with Gasteiger partial charge in [-0.3, -0.25) is 10.1 Å². The first-order valence-electron chi connectivity index (χ1n) is 10.5. The van der Waals surface area contributed by atoms with Crippen LogP contribution in [0.3, 0.4) is 0 Å². The molecule has 0 aliphatic carbocycles. The Morgan fingerprint density at radius 1 is 1.09 bits per heavy atom. The van der Waals surface area contributed by atoms with Crippen molar-refractivity contribution in [3.63, 3.8) is 0 Å². The smallest absolute Gasteiger partial charge is 0.337 e. The maximum Gasteiger partial charge on any atom is 0.337 e. The number of ether oxygens (including phenoxy) is 3. The Morgan fingerprint density at radius 3 is 2.22 bits per heavy atom. The number of carbonyl (C=O) groups is 2. The molecule has 0 aromatic heterocycles. The standard InChI is InChI=1S/C21H26N2O7.C2H6/c1-12(2)30-21(25)18-14(4)22-13(3)17(20(24)29-10-9-28-5)19(18)15-7-6-8-16(11-15)23(26)27;1-2/h6-8,11-12,19,22H,9-10H2,1-5H3;1-2H3. The monoisotopic (exact) mass is 448 g/mol. The van der Waals surface area contributed by atoms with Crippen molar-refractivity contribution in [2.75, 3.05) is 20.3 Å². The number of benzene rings is 1. The fourth-order valence-electron chi connectivity index (χ4n) is 3.26. The van der Waals surface area contributed by atoms with Gasteiger partial charge in [0.1, 0.15) is 6.61 Å². The number of esters is 2. The molecule has 1 heterocycles. The molecule has 0 saturated heterocycles. The molecule has 9 nitrogen and oxygen atoms in total. The van der Waals surface area contributed by atoms with Gasteiger partial charge in [0.05, 0.1) is 34.7 Å². The number of hydrogen-bond donors (Lipinski definition) is 1. The molecule has 176 valence electrons. The SMILES string of the molecule is CC.COCCOC(=O)C1=C(C)NC(C)=C(C(=O)OC(C)C)C1c1cccc([N+](=O)[O-])c1. The minimum absolute atomic E-state index is 0.0300. The van der Waals surface area contributed by atoms with Gasteiger partial charge < -0.3 is 19.5 Å². The summed E-state index contributed by atoms with van der Waals surface area (Å²) >= 11 is 0. The summed E-state index contributed by atoms with van der Waals surface area (Å²) in [6.45, 7) is 11.1. The Bertz CT molecular complexity index is 903. The average Bonchev–Trinajstić information content (AvgIpc) is 2.74. The van der Waals surface area contributed by atoms with Gasteiger partial charge in [0.2, 0.25) is 0 Å². The molecule has 32 heavy (non-hydrogen) atoms. The Morgan fingerprint density at radius 2 is 1.69 bits per heavy atom. The van der Waals surface area contributed by atoms with Crippen LogP contribution in [0.1, 0.15) is 53.0 Å². The van der Waals surface area contributed by atoms with Crippen molar-refractivity contribution in [1.82, 2.24) is 5.32 Å². The van der Waals surface area contributed by atoms with Crippen LogP contribution in [0.5, 0.6) is 0 Å². The van der Waals surface area contributed by atoms with Gasteiger partial charge in [-0.15, -0.1) is 0 Å². The lowest BCUT2D eigenvalue weighted by molar-refractivity contribution is -0.384. The molecule has 1 aliphatic heterocycles. The van der Waals surface area contributed by atoms with Crippen molar-refractivity contribution in [3.8, 4) is 0 Å². The van der Waals surface area contributed by atoms with E-state index in [1.54, 1.807) is 33.8 Å². The van der Waals surface area contributed by atoms with E-state index in [1.807, 2.05) is 13.8 Å². The fraction of sp³-hybridized carbons (Fsp3) is 0.478. The number of nitrogens with one attached hydrogen (secondary N) is 1. The van der Waals surface area contributed by atoms with Crippen molar-refractivity contribution < 1.29 is 28.7 Å². The van der Waals surface area contributed by atoms with Crippen LogP contribution in [0.15, 0.2) is 46.8 Å². The Kier molecular flexibility index (Phi) is 10.6. The van der Waals surface area contributed by atoms with Crippen molar-refractivity contribution >= 4 is 17.6 Å². The van der Waals surface area contributed by atoms with Crippen LogP contribution in [0.4, 0.5) is 5.69 Å². The summed E-state index contributed by atoms with van der Waals surface area (Å²) in [4.78, 5) is 36.6. The molecule has 2 rings (SSSR count). The molecular formula is C23H32N2O7. The minimum atomic E-state index is -0.882. The number of methoxy groups -OCH3 is 1. The highest BCUT2D eigenvalue weighted by atomic mass is 16.6. The number of rotatable bonds is 8. The normalized spacial score (nSPS) is 15.6. The summed E-state index contributed by atoms with van der Waals surface area (Å²) in [5.74, 6) is -2.13. The first-order chi connectivity index (χ1) is 15.2. The number of allylic oxidation sites excluding steroid dienone is 2. The van der Waals surface area contributed by atoms with E-state index in [4.69, 9.17) is 14.2 Å². The van der Waals surface area contributed by atoms with Gasteiger partial charge in [0, 0.05) is 30.6 Å². The molecule has 0 fully saturated rings. The number of nitrogens with zero attached hydrogens (tertiary/aromatic N) is 1. The lowest BCUT2D eigenvalue weighted by atomic mass is 9.80. The molecule has 1 N–H and O–H groups in total. The van der Waals surface area contributed by atoms with Crippen molar-refractivity contribution in [1.29, 1.82) is 0 Å². The van der Waals surface area contributed by atoms with E-state index in [0.717, 1.165) is 0 Å². The van der Waals surface area contributed by atoms with E-state index in [0.29, 0.717) is 17.0 Å². The Hall–Kier alpha value is -3.20. The first kappa shape index (κ1) is 26.8. The molecule has 1 aromatic rings. The molecule has 1 aromatic carbocycles. The van der Waals surface area contributed by atoms with Crippen LogP contribution < -0.4 is 5.32 Å². The average molecular weight is 449 g/mol. The quantitative estimate of drug-likeness (QED) is 0.274. The molecule has 1 atom stereocenters. The molecule has 0 amide bonds. The topological polar surface area (TPSA) is 117 Å². The maximum absolute atomic E-state index is 12.9. The van der Waals surface area contributed by atoms with Crippen LogP contribution in [-0.2, 0) is 23.8 Å². The third-order valence-electron chi connectivity index (χ3n) is 4.48. The second-order valence-electron chi connectivity index (χ2n) is 7.07. The highest BCUT2D eigenvalue weighted by Crippen LogP contribution is 2.40. The summed E-state index contributed by atoms with van der Waals surface area (Å²) in [7, 11) is 1.48. The zero-order valence-electron chi connectivity index (χ0n) is 19.7. The lowest BCUT2D eigenvalue weighted by Crippen LogP contribution is -2.33. The van der Waals surface area contributed by atoms with Crippen molar-refractivity contribution in [2.24, 2.45) is 0 Å². The fourth-order valence-corrected chi connectivity index (χ4v) is 3.26. The first-order valence-corrected chi connectivity index (χ1v) is 10.5. The number of carbonyl (C=O) groups excluding carboxylic acids is 2. The number of dihydropyridines is 1. The summed E-state index contributed by atoms with van der Waals surface area (Å²) < 4.78 is 15.6. The van der Waals surface area contributed by atoms with Gasteiger partial charge in [-0.25, -0.2) is 9.59 Å². The second kappa shape index (κ2) is 12.6. The van der Waals surface area contributed by atoms with Crippen LogP contribution in [0, 0.1) is 10.1 Å². The number of non-ortho nitro benzene ring substituents is 1. The van der Waals surface area contributed by atoms with Crippen LogP contribution in [0.2, 0.25) is 0 Å². The summed E-state index contributed by atoms with van der Waals surface area (Å²) in [6.07, 6.45) is -0.382. The summed E-state index contributed by atoms with van der Waals surface area (Å²) in [5, 5.41) is 14.3. The van der Waals surface area contributed by atoms with Gasteiger partial charge in [0.25, 0.3) is 5.69 Å². The number of hydrogen-bond acceptors (Lipinski definition) is 8. The molecule has 0 radical (unpaired) electrons. The third kappa shape index (κ3) is 6.65. The third-order valence-corrected chi connectivity index (χ3v) is 4.48. The Balaban J connectivity index is 0.00000249. The maximum atomic E-state index is 12.9. The van der Waals surface area contributed by atoms with Crippen LogP contribution in [0.25, 0.3) is 0 Å². The number of nitro groups is 1. The van der Waals surface area contributed by atoms with Crippen molar-refractivity contribution in [3.05, 3.63) is 62.5 Å². The van der Waals surface area contributed by atoms with Crippen LogP contribution >= 0.6 is 0 Å². The second-order valence-corrected chi connectivity index (χ2v) is 7.07. The highest BCUT2D eigenvalue weighted by molar-refractivity contribution is 6.00. The minimum Gasteiger partial charge on any atom is -0.460 e. The predicted octanol–water partition coefficient (Wildman–Crippen LogP) is 4.00. The molecule has 0 bridgehead atoms. The zero-order valence-corrected chi connectivity index (χ0v) is 19.7. The van der Waals surface area contributed by atoms with Crippen LogP contribution in [-0.4, -0.2) is 43.3 Å². The molecule has 1 aliphatic rings. The van der Waals surface area contributed by atoms with E-state index in [-0.39, 0.29) is 36.2 Å². The molecular weight excluding hydrogens is 416 g/mol. The molecule has 9 heteroatoms. The van der Waals surface area contributed by atoms with E-state index in [1.165, 1.54) is 25.3 Å². The van der Waals surface area contributed by atoms with Gasteiger partial charge in [-0.1, -0.05) is 26.0 Å². The molecule has 1 unspecified atom stereocenters. The molecule has 0 spiro atoms. The van der Waals surface area contributed by atoms with E-state index >= 15 is 0 Å². The zero-order chi connectivity index (χ0) is 24.4. The summed E-state index contributed by atoms with van der Waals surface area (Å²) in [6, 6.07) is 5.84. The summed E-state index contributed by atoms with van der Waals surface area (Å²) in [5.41, 5.74) is 1.65. The molecule has 0 saturated carbocycles. The van der Waals surface area contributed by atoms with Gasteiger partial charge in [-0.05, 0) is 33.3 Å². The van der Waals surface area contributed by atoms with E-state index in [9.17, 15) is 19.7 Å². The Labute approximate surface area is 188 Å².